The Morgan fingerprint density at radius 3 is 2.18 bits per heavy atom. The van der Waals surface area contributed by atoms with Gasteiger partial charge in [0.25, 0.3) is 5.91 Å². The van der Waals surface area contributed by atoms with E-state index in [1.807, 2.05) is 0 Å². The minimum atomic E-state index is -1.15. The fourth-order valence-corrected chi connectivity index (χ4v) is 2.57. The normalized spacial score (nSPS) is 16.1. The van der Waals surface area contributed by atoms with Crippen LogP contribution in [-0.2, 0) is 0 Å². The van der Waals surface area contributed by atoms with Gasteiger partial charge in [-0.1, -0.05) is 0 Å². The maximum absolute atomic E-state index is 13.4. The fourth-order valence-electron chi connectivity index (χ4n) is 1.67. The van der Waals surface area contributed by atoms with Crippen molar-refractivity contribution in [2.45, 2.75) is 0 Å². The van der Waals surface area contributed by atoms with E-state index in [0.29, 0.717) is 25.2 Å². The van der Waals surface area contributed by atoms with Gasteiger partial charge in [0, 0.05) is 36.7 Å². The first kappa shape index (κ1) is 12.3. The summed E-state index contributed by atoms with van der Waals surface area (Å²) in [6.45, 7) is 0.916. The van der Waals surface area contributed by atoms with E-state index in [9.17, 15) is 18.0 Å². The zero-order chi connectivity index (χ0) is 12.4. The number of hydrogen-bond acceptors (Lipinski definition) is 2. The second-order valence-corrected chi connectivity index (χ2v) is 4.87. The minimum absolute atomic E-state index is 0.458. The molecule has 0 saturated carbocycles. The summed E-state index contributed by atoms with van der Waals surface area (Å²) in [6, 6.07) is 1.05. The highest BCUT2D eigenvalue weighted by atomic mass is 32.2. The Kier molecular flexibility index (Phi) is 3.61. The molecule has 2 nitrogen and oxygen atoms in total. The van der Waals surface area contributed by atoms with Gasteiger partial charge >= 0.3 is 0 Å². The van der Waals surface area contributed by atoms with Crippen molar-refractivity contribution in [1.82, 2.24) is 4.90 Å². The Bertz CT molecular complexity index is 423. The van der Waals surface area contributed by atoms with Crippen molar-refractivity contribution in [2.75, 3.05) is 24.6 Å². The summed E-state index contributed by atoms with van der Waals surface area (Å²) in [5.74, 6) is -2.53. The second kappa shape index (κ2) is 5.00. The van der Waals surface area contributed by atoms with Crippen LogP contribution >= 0.6 is 11.8 Å². The molecule has 0 atom stereocenters. The molecule has 0 N–H and O–H groups in total. The van der Waals surface area contributed by atoms with Crippen LogP contribution in [0.15, 0.2) is 12.1 Å². The standard InChI is InChI=1S/C11H10F3NOS/c12-7-5-8(13)10(9(14)6-7)11(16)15-1-3-17-4-2-15/h5-6H,1-4H2. The summed E-state index contributed by atoms with van der Waals surface area (Å²) < 4.78 is 39.5. The number of amides is 1. The fraction of sp³-hybridized carbons (Fsp3) is 0.364. The van der Waals surface area contributed by atoms with Gasteiger partial charge in [-0.25, -0.2) is 13.2 Å². The number of thioether (sulfide) groups is 1. The molecule has 0 bridgehead atoms. The number of rotatable bonds is 1. The van der Waals surface area contributed by atoms with Crippen molar-refractivity contribution in [3.05, 3.63) is 35.1 Å². The van der Waals surface area contributed by atoms with E-state index in [1.165, 1.54) is 4.90 Å². The Labute approximate surface area is 101 Å². The van der Waals surface area contributed by atoms with E-state index in [0.717, 1.165) is 11.5 Å². The number of carbonyl (C=O) groups excluding carboxylic acids is 1. The van der Waals surface area contributed by atoms with Crippen LogP contribution in [0.1, 0.15) is 10.4 Å². The van der Waals surface area contributed by atoms with E-state index in [-0.39, 0.29) is 0 Å². The van der Waals surface area contributed by atoms with Crippen LogP contribution < -0.4 is 0 Å². The number of benzene rings is 1. The molecule has 1 aromatic carbocycles. The third-order valence-corrected chi connectivity index (χ3v) is 3.46. The van der Waals surface area contributed by atoms with Gasteiger partial charge in [-0.3, -0.25) is 4.79 Å². The molecule has 1 aliphatic heterocycles. The molecule has 92 valence electrons. The summed E-state index contributed by atoms with van der Waals surface area (Å²) >= 11 is 1.68. The molecule has 0 aromatic heterocycles. The van der Waals surface area contributed by atoms with Crippen LogP contribution in [0.25, 0.3) is 0 Å². The molecule has 0 aliphatic carbocycles. The first-order chi connectivity index (χ1) is 8.09. The molecule has 0 radical (unpaired) electrons. The van der Waals surface area contributed by atoms with Gasteiger partial charge < -0.3 is 4.90 Å². The topological polar surface area (TPSA) is 20.3 Å². The lowest BCUT2D eigenvalue weighted by molar-refractivity contribution is 0.0762. The lowest BCUT2D eigenvalue weighted by atomic mass is 10.1. The van der Waals surface area contributed by atoms with E-state index in [2.05, 4.69) is 0 Å². The van der Waals surface area contributed by atoms with E-state index < -0.39 is 28.9 Å². The molecule has 1 saturated heterocycles. The van der Waals surface area contributed by atoms with Gasteiger partial charge in [-0.2, -0.15) is 11.8 Å². The molecule has 17 heavy (non-hydrogen) atoms. The number of nitrogens with zero attached hydrogens (tertiary/aromatic N) is 1. The van der Waals surface area contributed by atoms with Crippen LogP contribution in [0.2, 0.25) is 0 Å². The third-order valence-electron chi connectivity index (χ3n) is 2.52. The predicted molar refractivity (Wildman–Crippen MR) is 59.5 cm³/mol. The summed E-state index contributed by atoms with van der Waals surface area (Å²) in [5, 5.41) is 0. The van der Waals surface area contributed by atoms with Gasteiger partial charge in [-0.05, 0) is 0 Å². The van der Waals surface area contributed by atoms with Gasteiger partial charge in [0.2, 0.25) is 0 Å². The van der Waals surface area contributed by atoms with Gasteiger partial charge in [0.15, 0.2) is 0 Å². The summed E-state index contributed by atoms with van der Waals surface area (Å²) in [7, 11) is 0. The van der Waals surface area contributed by atoms with Crippen LogP contribution in [0.4, 0.5) is 13.2 Å². The second-order valence-electron chi connectivity index (χ2n) is 3.65. The highest BCUT2D eigenvalue weighted by Gasteiger charge is 2.25. The Balaban J connectivity index is 2.30. The lowest BCUT2D eigenvalue weighted by Crippen LogP contribution is -2.38. The van der Waals surface area contributed by atoms with Crippen LogP contribution in [0.3, 0.4) is 0 Å². The molecule has 2 rings (SSSR count). The van der Waals surface area contributed by atoms with Gasteiger partial charge in [0.05, 0.1) is 0 Å². The van der Waals surface area contributed by atoms with E-state index in [4.69, 9.17) is 0 Å². The number of hydrogen-bond donors (Lipinski definition) is 0. The zero-order valence-corrected chi connectivity index (χ0v) is 9.70. The first-order valence-corrected chi connectivity index (χ1v) is 6.26. The van der Waals surface area contributed by atoms with Crippen molar-refractivity contribution in [1.29, 1.82) is 0 Å². The maximum atomic E-state index is 13.4. The largest absolute Gasteiger partial charge is 0.337 e. The Hall–Kier alpha value is -1.17. The number of carbonyl (C=O) groups is 1. The third kappa shape index (κ3) is 2.57. The van der Waals surface area contributed by atoms with Crippen molar-refractivity contribution < 1.29 is 18.0 Å². The molecule has 0 spiro atoms. The van der Waals surface area contributed by atoms with Gasteiger partial charge in [-0.15, -0.1) is 0 Å². The van der Waals surface area contributed by atoms with Crippen LogP contribution in [0.5, 0.6) is 0 Å². The van der Waals surface area contributed by atoms with Crippen LogP contribution in [-0.4, -0.2) is 35.4 Å². The Morgan fingerprint density at radius 1 is 1.12 bits per heavy atom. The first-order valence-electron chi connectivity index (χ1n) is 5.11. The molecule has 0 unspecified atom stereocenters. The monoisotopic (exact) mass is 261 g/mol. The minimum Gasteiger partial charge on any atom is -0.337 e. The average molecular weight is 261 g/mol. The van der Waals surface area contributed by atoms with Gasteiger partial charge in [0.1, 0.15) is 23.0 Å². The van der Waals surface area contributed by atoms with Crippen molar-refractivity contribution in [2.24, 2.45) is 0 Å². The molecular formula is C11H10F3NOS. The summed E-state index contributed by atoms with van der Waals surface area (Å²) in [6.07, 6.45) is 0. The quantitative estimate of drug-likeness (QED) is 0.773. The van der Waals surface area contributed by atoms with Crippen molar-refractivity contribution >= 4 is 17.7 Å². The maximum Gasteiger partial charge on any atom is 0.259 e. The summed E-state index contributed by atoms with van der Waals surface area (Å²) in [4.78, 5) is 13.3. The van der Waals surface area contributed by atoms with E-state index in [1.54, 1.807) is 11.8 Å². The SMILES string of the molecule is O=C(c1c(F)cc(F)cc1F)N1CCSCC1. The highest BCUT2D eigenvalue weighted by Crippen LogP contribution is 2.19. The zero-order valence-electron chi connectivity index (χ0n) is 8.88. The molecule has 1 amide bonds. The predicted octanol–water partition coefficient (Wildman–Crippen LogP) is 2.29. The molecule has 1 heterocycles. The lowest BCUT2D eigenvalue weighted by Gasteiger charge is -2.26. The molecule has 1 fully saturated rings. The summed E-state index contributed by atoms with van der Waals surface area (Å²) in [5.41, 5.74) is -0.668. The Morgan fingerprint density at radius 2 is 1.65 bits per heavy atom. The van der Waals surface area contributed by atoms with Crippen molar-refractivity contribution in [3.63, 3.8) is 0 Å². The number of halogens is 3. The van der Waals surface area contributed by atoms with Crippen molar-refractivity contribution in [3.8, 4) is 0 Å². The van der Waals surface area contributed by atoms with E-state index >= 15 is 0 Å². The highest BCUT2D eigenvalue weighted by molar-refractivity contribution is 7.99. The average Bonchev–Trinajstić information content (AvgIpc) is 2.28. The molecule has 1 aliphatic rings. The smallest absolute Gasteiger partial charge is 0.259 e. The molecule has 6 heteroatoms. The molecule has 1 aromatic rings. The van der Waals surface area contributed by atoms with Crippen LogP contribution in [0, 0.1) is 17.5 Å². The molecular weight excluding hydrogens is 251 g/mol.